The highest BCUT2D eigenvalue weighted by Gasteiger charge is 2.21. The number of nitrogens with zero attached hydrogens (tertiary/aromatic N) is 1. The zero-order valence-corrected chi connectivity index (χ0v) is 10.1. The topological polar surface area (TPSA) is 55.4 Å². The lowest BCUT2D eigenvalue weighted by Crippen LogP contribution is -2.18. The Labute approximate surface area is 109 Å². The number of nitrogen functional groups attached to an aromatic ring is 1. The Bertz CT molecular complexity index is 690. The number of anilines is 1. The van der Waals surface area contributed by atoms with E-state index in [-0.39, 0.29) is 11.7 Å². The minimum absolute atomic E-state index is 0.298. The van der Waals surface area contributed by atoms with Crippen LogP contribution in [0, 0.1) is 5.82 Å². The summed E-state index contributed by atoms with van der Waals surface area (Å²) in [6.45, 7) is 0. The van der Waals surface area contributed by atoms with E-state index in [4.69, 9.17) is 5.73 Å². The van der Waals surface area contributed by atoms with Crippen LogP contribution in [0.5, 0.6) is 0 Å². The van der Waals surface area contributed by atoms with Crippen molar-refractivity contribution in [2.75, 3.05) is 5.73 Å². The SMILES string of the molecule is Nc1cccc2c1CC(c1ccc(F)cc1)=NC2=O. The minimum Gasteiger partial charge on any atom is -0.398 e. The zero-order valence-electron chi connectivity index (χ0n) is 10.1. The van der Waals surface area contributed by atoms with Crippen molar-refractivity contribution >= 4 is 17.3 Å². The summed E-state index contributed by atoms with van der Waals surface area (Å²) in [6.07, 6.45) is 0.485. The average molecular weight is 254 g/mol. The van der Waals surface area contributed by atoms with Gasteiger partial charge in [-0.1, -0.05) is 18.2 Å². The maximum atomic E-state index is 12.9. The van der Waals surface area contributed by atoms with Crippen molar-refractivity contribution < 1.29 is 9.18 Å². The first-order valence-electron chi connectivity index (χ1n) is 5.90. The molecule has 0 fully saturated rings. The van der Waals surface area contributed by atoms with E-state index in [0.29, 0.717) is 23.4 Å². The van der Waals surface area contributed by atoms with Crippen molar-refractivity contribution in [1.82, 2.24) is 0 Å². The zero-order chi connectivity index (χ0) is 13.4. The molecule has 0 spiro atoms. The molecule has 4 heteroatoms. The van der Waals surface area contributed by atoms with Gasteiger partial charge in [0.15, 0.2) is 0 Å². The predicted octanol–water partition coefficient (Wildman–Crippen LogP) is 2.59. The fourth-order valence-corrected chi connectivity index (χ4v) is 2.20. The summed E-state index contributed by atoms with van der Waals surface area (Å²) in [6, 6.07) is 11.2. The van der Waals surface area contributed by atoms with Crippen molar-refractivity contribution in [1.29, 1.82) is 0 Å². The number of hydrogen-bond acceptors (Lipinski definition) is 2. The number of aliphatic imine (C=N–C) groups is 1. The molecule has 2 aromatic carbocycles. The Kier molecular flexibility index (Phi) is 2.63. The molecule has 0 bridgehead atoms. The van der Waals surface area contributed by atoms with Crippen LogP contribution in [0.1, 0.15) is 21.5 Å². The van der Waals surface area contributed by atoms with Crippen LogP contribution in [0.2, 0.25) is 0 Å². The fourth-order valence-electron chi connectivity index (χ4n) is 2.20. The molecule has 0 unspecified atom stereocenters. The van der Waals surface area contributed by atoms with E-state index in [1.165, 1.54) is 12.1 Å². The van der Waals surface area contributed by atoms with E-state index in [9.17, 15) is 9.18 Å². The van der Waals surface area contributed by atoms with E-state index in [1.807, 2.05) is 0 Å². The van der Waals surface area contributed by atoms with Gasteiger partial charge in [-0.2, -0.15) is 0 Å². The van der Waals surface area contributed by atoms with Gasteiger partial charge in [0.25, 0.3) is 5.91 Å². The number of benzene rings is 2. The smallest absolute Gasteiger partial charge is 0.277 e. The van der Waals surface area contributed by atoms with Gasteiger partial charge >= 0.3 is 0 Å². The van der Waals surface area contributed by atoms with Crippen LogP contribution in [0.3, 0.4) is 0 Å². The molecule has 1 aliphatic heterocycles. The number of carbonyl (C=O) groups excluding carboxylic acids is 1. The second-order valence-electron chi connectivity index (χ2n) is 4.42. The molecule has 0 radical (unpaired) electrons. The number of fused-ring (bicyclic) bond motifs is 1. The molecule has 94 valence electrons. The Balaban J connectivity index is 2.06. The molecule has 2 N–H and O–H groups in total. The fraction of sp³-hybridized carbons (Fsp3) is 0.0667. The molecule has 1 heterocycles. The summed E-state index contributed by atoms with van der Waals surface area (Å²) in [5.74, 6) is -0.612. The molecule has 19 heavy (non-hydrogen) atoms. The number of carbonyl (C=O) groups is 1. The predicted molar refractivity (Wildman–Crippen MR) is 71.8 cm³/mol. The van der Waals surface area contributed by atoms with Crippen LogP contribution >= 0.6 is 0 Å². The Morgan fingerprint density at radius 3 is 2.58 bits per heavy atom. The third-order valence-corrected chi connectivity index (χ3v) is 3.20. The molecule has 0 aliphatic carbocycles. The van der Waals surface area contributed by atoms with E-state index < -0.39 is 0 Å². The molecular weight excluding hydrogens is 243 g/mol. The molecule has 1 aliphatic rings. The molecule has 0 saturated heterocycles. The quantitative estimate of drug-likeness (QED) is 0.795. The van der Waals surface area contributed by atoms with Crippen molar-refractivity contribution in [3.63, 3.8) is 0 Å². The van der Waals surface area contributed by atoms with Crippen molar-refractivity contribution in [2.45, 2.75) is 6.42 Å². The standard InChI is InChI=1S/C15H11FN2O/c16-10-6-4-9(5-7-10)14-8-12-11(15(19)18-14)2-1-3-13(12)17/h1-7H,8,17H2. The summed E-state index contributed by atoms with van der Waals surface area (Å²) in [5, 5.41) is 0. The molecule has 2 aromatic rings. The van der Waals surface area contributed by atoms with Crippen LogP contribution in [-0.4, -0.2) is 11.6 Å². The number of rotatable bonds is 1. The van der Waals surface area contributed by atoms with Gasteiger partial charge in [-0.3, -0.25) is 4.79 Å². The van der Waals surface area contributed by atoms with Gasteiger partial charge in [0.05, 0.1) is 5.71 Å². The van der Waals surface area contributed by atoms with Gasteiger partial charge in [-0.25, -0.2) is 9.38 Å². The lowest BCUT2D eigenvalue weighted by Gasteiger charge is -2.17. The van der Waals surface area contributed by atoms with E-state index in [1.54, 1.807) is 30.3 Å². The maximum Gasteiger partial charge on any atom is 0.277 e. The first-order chi connectivity index (χ1) is 9.15. The van der Waals surface area contributed by atoms with E-state index in [2.05, 4.69) is 4.99 Å². The second kappa shape index (κ2) is 4.31. The third kappa shape index (κ3) is 2.01. The molecule has 3 rings (SSSR count). The maximum absolute atomic E-state index is 12.9. The summed E-state index contributed by atoms with van der Waals surface area (Å²) in [4.78, 5) is 16.0. The lowest BCUT2D eigenvalue weighted by atomic mass is 9.93. The van der Waals surface area contributed by atoms with Gasteiger partial charge in [0, 0.05) is 17.7 Å². The van der Waals surface area contributed by atoms with Crippen molar-refractivity contribution in [2.24, 2.45) is 4.99 Å². The van der Waals surface area contributed by atoms with Gasteiger partial charge in [0.1, 0.15) is 5.82 Å². The summed E-state index contributed by atoms with van der Waals surface area (Å²) in [7, 11) is 0. The minimum atomic E-state index is -0.314. The first kappa shape index (κ1) is 11.6. The van der Waals surface area contributed by atoms with Crippen LogP contribution < -0.4 is 5.73 Å². The van der Waals surface area contributed by atoms with Gasteiger partial charge < -0.3 is 5.73 Å². The van der Waals surface area contributed by atoms with E-state index in [0.717, 1.165) is 11.1 Å². The highest BCUT2D eigenvalue weighted by molar-refractivity contribution is 6.15. The third-order valence-electron chi connectivity index (χ3n) is 3.20. The molecule has 3 nitrogen and oxygen atoms in total. The molecule has 0 saturated carbocycles. The first-order valence-corrected chi connectivity index (χ1v) is 5.90. The van der Waals surface area contributed by atoms with Crippen LogP contribution in [0.25, 0.3) is 0 Å². The largest absolute Gasteiger partial charge is 0.398 e. The van der Waals surface area contributed by atoms with Gasteiger partial charge in [-0.15, -0.1) is 0 Å². The highest BCUT2D eigenvalue weighted by Crippen LogP contribution is 2.24. The summed E-state index contributed by atoms with van der Waals surface area (Å²) in [5.41, 5.74) is 9.19. The van der Waals surface area contributed by atoms with E-state index >= 15 is 0 Å². The number of hydrogen-bond donors (Lipinski definition) is 1. The number of halogens is 1. The Morgan fingerprint density at radius 1 is 1.11 bits per heavy atom. The average Bonchev–Trinajstić information content (AvgIpc) is 2.41. The van der Waals surface area contributed by atoms with Gasteiger partial charge in [-0.05, 0) is 35.4 Å². The van der Waals surface area contributed by atoms with Crippen LogP contribution in [0.4, 0.5) is 10.1 Å². The molecule has 0 aromatic heterocycles. The number of nitrogens with two attached hydrogens (primary N) is 1. The van der Waals surface area contributed by atoms with Crippen molar-refractivity contribution in [3.8, 4) is 0 Å². The molecule has 0 atom stereocenters. The molecular formula is C15H11FN2O. The number of amides is 1. The van der Waals surface area contributed by atoms with Crippen LogP contribution in [0.15, 0.2) is 47.5 Å². The normalized spacial score (nSPS) is 13.9. The summed E-state index contributed by atoms with van der Waals surface area (Å²) >= 11 is 0. The van der Waals surface area contributed by atoms with Crippen molar-refractivity contribution in [3.05, 3.63) is 65.0 Å². The van der Waals surface area contributed by atoms with Crippen LogP contribution in [-0.2, 0) is 6.42 Å². The Morgan fingerprint density at radius 2 is 1.84 bits per heavy atom. The monoisotopic (exact) mass is 254 g/mol. The second-order valence-corrected chi connectivity index (χ2v) is 4.42. The van der Waals surface area contributed by atoms with Gasteiger partial charge in [0.2, 0.25) is 0 Å². The molecule has 1 amide bonds. The summed E-state index contributed by atoms with van der Waals surface area (Å²) < 4.78 is 12.9. The Hall–Kier alpha value is -2.49. The lowest BCUT2D eigenvalue weighted by molar-refractivity contribution is 0.100. The highest BCUT2D eigenvalue weighted by atomic mass is 19.1.